The first-order valence-electron chi connectivity index (χ1n) is 10.8. The standard InChI is InChI=1S/C23H25N7O4.ClH/c1-16-24-21(15-22(25-16)29-12-10-28(2)11-13-29)26-17-4-3-5-18(14-17)27-23(31)34-20-8-6-19(7-9-20)30(32)33;/h3-9,14-15H,10-13H2,1-2H3,(H,27,31)(H,24,25,26);1H. The van der Waals surface area contributed by atoms with Crippen molar-refractivity contribution in [1.29, 1.82) is 0 Å². The monoisotopic (exact) mass is 499 g/mol. The number of aromatic nitrogens is 2. The molecule has 2 aromatic carbocycles. The number of ether oxygens (including phenoxy) is 1. The highest BCUT2D eigenvalue weighted by atomic mass is 35.5. The Balaban J connectivity index is 0.00000342. The number of anilines is 4. The third-order valence-corrected chi connectivity index (χ3v) is 5.29. The predicted octanol–water partition coefficient (Wildman–Crippen LogP) is 4.22. The van der Waals surface area contributed by atoms with Gasteiger partial charge in [0.25, 0.3) is 5.69 Å². The number of nitro groups is 1. The third-order valence-electron chi connectivity index (χ3n) is 5.29. The summed E-state index contributed by atoms with van der Waals surface area (Å²) >= 11 is 0. The number of hydrogen-bond donors (Lipinski definition) is 2. The topological polar surface area (TPSA) is 126 Å². The van der Waals surface area contributed by atoms with E-state index >= 15 is 0 Å². The van der Waals surface area contributed by atoms with Gasteiger partial charge in [-0.1, -0.05) is 6.07 Å². The minimum atomic E-state index is -0.707. The Morgan fingerprint density at radius 1 is 1.03 bits per heavy atom. The molecular weight excluding hydrogens is 474 g/mol. The smallest absolute Gasteiger partial charge is 0.410 e. The molecule has 2 heterocycles. The van der Waals surface area contributed by atoms with Crippen molar-refractivity contribution < 1.29 is 14.5 Å². The zero-order valence-electron chi connectivity index (χ0n) is 19.3. The molecule has 4 rings (SSSR count). The van der Waals surface area contributed by atoms with Crippen molar-refractivity contribution in [2.24, 2.45) is 0 Å². The van der Waals surface area contributed by atoms with Gasteiger partial charge in [0.2, 0.25) is 0 Å². The number of benzene rings is 2. The van der Waals surface area contributed by atoms with Crippen LogP contribution in [0.15, 0.2) is 54.6 Å². The van der Waals surface area contributed by atoms with Gasteiger partial charge in [-0.2, -0.15) is 0 Å². The van der Waals surface area contributed by atoms with Crippen LogP contribution >= 0.6 is 12.4 Å². The first-order chi connectivity index (χ1) is 16.4. The second kappa shape index (κ2) is 11.4. The lowest BCUT2D eigenvalue weighted by molar-refractivity contribution is -0.384. The van der Waals surface area contributed by atoms with Crippen LogP contribution in [0.25, 0.3) is 0 Å². The van der Waals surface area contributed by atoms with Crippen LogP contribution in [0.5, 0.6) is 5.75 Å². The Morgan fingerprint density at radius 3 is 2.40 bits per heavy atom. The van der Waals surface area contributed by atoms with E-state index in [9.17, 15) is 14.9 Å². The molecule has 0 bridgehead atoms. The molecule has 1 aliphatic heterocycles. The maximum absolute atomic E-state index is 12.2. The number of rotatable bonds is 6. The summed E-state index contributed by atoms with van der Waals surface area (Å²) in [5, 5.41) is 16.7. The van der Waals surface area contributed by atoms with Crippen molar-refractivity contribution in [2.45, 2.75) is 6.92 Å². The Labute approximate surface area is 208 Å². The van der Waals surface area contributed by atoms with Gasteiger partial charge in [0.1, 0.15) is 23.2 Å². The number of piperazine rings is 1. The number of nitrogens with one attached hydrogen (secondary N) is 2. The van der Waals surface area contributed by atoms with Crippen LogP contribution in [0.1, 0.15) is 5.82 Å². The first kappa shape index (κ1) is 25.7. The molecule has 1 amide bonds. The molecule has 1 aliphatic rings. The molecule has 0 radical (unpaired) electrons. The van der Waals surface area contributed by atoms with Crippen LogP contribution in [-0.4, -0.2) is 59.1 Å². The van der Waals surface area contributed by atoms with Crippen molar-refractivity contribution in [3.63, 3.8) is 0 Å². The number of non-ortho nitro benzene ring substituents is 1. The second-order valence-corrected chi connectivity index (χ2v) is 7.92. The van der Waals surface area contributed by atoms with Crippen molar-refractivity contribution in [3.8, 4) is 5.75 Å². The van der Waals surface area contributed by atoms with E-state index < -0.39 is 11.0 Å². The number of likely N-dealkylation sites (N-methyl/N-ethyl adjacent to an activating group) is 1. The molecule has 0 atom stereocenters. The van der Waals surface area contributed by atoms with Gasteiger partial charge in [0.15, 0.2) is 0 Å². The molecule has 35 heavy (non-hydrogen) atoms. The van der Waals surface area contributed by atoms with E-state index in [1.165, 1.54) is 24.3 Å². The number of nitrogens with zero attached hydrogens (tertiary/aromatic N) is 5. The number of carbonyl (C=O) groups excluding carboxylic acids is 1. The van der Waals surface area contributed by atoms with E-state index in [1.807, 2.05) is 19.1 Å². The highest BCUT2D eigenvalue weighted by Gasteiger charge is 2.17. The third kappa shape index (κ3) is 7.01. The minimum absolute atomic E-state index is 0. The number of carbonyl (C=O) groups is 1. The Bertz CT molecular complexity index is 1180. The van der Waals surface area contributed by atoms with Crippen LogP contribution in [0, 0.1) is 17.0 Å². The summed E-state index contributed by atoms with van der Waals surface area (Å²) in [6.45, 7) is 5.63. The first-order valence-corrected chi connectivity index (χ1v) is 10.8. The molecule has 1 aromatic heterocycles. The average Bonchev–Trinajstić information content (AvgIpc) is 2.79. The van der Waals surface area contributed by atoms with Gasteiger partial charge in [-0.25, -0.2) is 14.8 Å². The number of amides is 1. The fourth-order valence-corrected chi connectivity index (χ4v) is 3.52. The SMILES string of the molecule is Cc1nc(Nc2cccc(NC(=O)Oc3ccc([N+](=O)[O-])cc3)c2)cc(N2CCN(C)CC2)n1.Cl. The molecule has 184 valence electrons. The average molecular weight is 500 g/mol. The van der Waals surface area contributed by atoms with Gasteiger partial charge >= 0.3 is 6.09 Å². The lowest BCUT2D eigenvalue weighted by Gasteiger charge is -2.33. The summed E-state index contributed by atoms with van der Waals surface area (Å²) in [7, 11) is 2.11. The quantitative estimate of drug-likeness (QED) is 0.378. The van der Waals surface area contributed by atoms with Gasteiger partial charge in [-0.3, -0.25) is 15.4 Å². The van der Waals surface area contributed by atoms with Gasteiger partial charge in [0, 0.05) is 55.8 Å². The Hall–Kier alpha value is -3.96. The molecule has 0 aliphatic carbocycles. The summed E-state index contributed by atoms with van der Waals surface area (Å²) in [5.41, 5.74) is 1.17. The van der Waals surface area contributed by atoms with E-state index in [2.05, 4.69) is 37.4 Å². The summed E-state index contributed by atoms with van der Waals surface area (Å²) in [6, 6.07) is 14.3. The highest BCUT2D eigenvalue weighted by molar-refractivity contribution is 5.87. The van der Waals surface area contributed by atoms with E-state index in [-0.39, 0.29) is 23.8 Å². The van der Waals surface area contributed by atoms with Gasteiger partial charge in [-0.05, 0) is 44.3 Å². The molecular formula is C23H26ClN7O4. The molecule has 0 saturated carbocycles. The molecule has 1 saturated heterocycles. The van der Waals surface area contributed by atoms with Crippen LogP contribution < -0.4 is 20.3 Å². The predicted molar refractivity (Wildman–Crippen MR) is 136 cm³/mol. The van der Waals surface area contributed by atoms with Crippen molar-refractivity contribution in [2.75, 3.05) is 48.8 Å². The van der Waals surface area contributed by atoms with Crippen LogP contribution in [0.3, 0.4) is 0 Å². The van der Waals surface area contributed by atoms with E-state index in [4.69, 9.17) is 4.74 Å². The number of aryl methyl sites for hydroxylation is 1. The zero-order valence-corrected chi connectivity index (χ0v) is 20.1. The van der Waals surface area contributed by atoms with Crippen molar-refractivity contribution in [3.05, 3.63) is 70.5 Å². The van der Waals surface area contributed by atoms with Crippen molar-refractivity contribution >= 4 is 47.2 Å². The second-order valence-electron chi connectivity index (χ2n) is 7.92. The van der Waals surface area contributed by atoms with E-state index in [1.54, 1.807) is 18.2 Å². The molecule has 0 spiro atoms. The Morgan fingerprint density at radius 2 is 1.71 bits per heavy atom. The maximum atomic E-state index is 12.2. The minimum Gasteiger partial charge on any atom is -0.410 e. The molecule has 12 heteroatoms. The summed E-state index contributed by atoms with van der Waals surface area (Å²) < 4.78 is 5.19. The van der Waals surface area contributed by atoms with Crippen LogP contribution in [-0.2, 0) is 0 Å². The molecule has 3 aromatic rings. The van der Waals surface area contributed by atoms with Crippen LogP contribution in [0.4, 0.5) is 33.5 Å². The number of hydrogen-bond acceptors (Lipinski definition) is 9. The van der Waals surface area contributed by atoms with Gasteiger partial charge in [-0.15, -0.1) is 12.4 Å². The molecule has 1 fully saturated rings. The van der Waals surface area contributed by atoms with Gasteiger partial charge < -0.3 is 19.9 Å². The highest BCUT2D eigenvalue weighted by Crippen LogP contribution is 2.23. The lowest BCUT2D eigenvalue weighted by atomic mass is 10.2. The van der Waals surface area contributed by atoms with E-state index in [0.717, 1.165) is 37.7 Å². The van der Waals surface area contributed by atoms with E-state index in [0.29, 0.717) is 17.3 Å². The van der Waals surface area contributed by atoms with Gasteiger partial charge in [0.05, 0.1) is 4.92 Å². The zero-order chi connectivity index (χ0) is 24.1. The fourth-order valence-electron chi connectivity index (χ4n) is 3.52. The maximum Gasteiger partial charge on any atom is 0.417 e. The molecule has 11 nitrogen and oxygen atoms in total. The summed E-state index contributed by atoms with van der Waals surface area (Å²) in [4.78, 5) is 36.1. The Kier molecular flexibility index (Phi) is 8.39. The normalized spacial score (nSPS) is 13.5. The van der Waals surface area contributed by atoms with Crippen molar-refractivity contribution in [1.82, 2.24) is 14.9 Å². The number of halogens is 1. The summed E-state index contributed by atoms with van der Waals surface area (Å²) in [6.07, 6.45) is -0.707. The number of nitro benzene ring substituents is 1. The molecule has 0 unspecified atom stereocenters. The molecule has 2 N–H and O–H groups in total. The largest absolute Gasteiger partial charge is 0.417 e. The summed E-state index contributed by atoms with van der Waals surface area (Å²) in [5.74, 6) is 2.40. The van der Waals surface area contributed by atoms with Crippen LogP contribution in [0.2, 0.25) is 0 Å². The lowest BCUT2D eigenvalue weighted by Crippen LogP contribution is -2.44. The fraction of sp³-hybridized carbons (Fsp3) is 0.261.